The fraction of sp³-hybridized carbons (Fsp3) is 0.200. The van der Waals surface area contributed by atoms with Crippen LogP contribution in [-0.4, -0.2) is 8.42 Å². The molecule has 2 aromatic carbocycles. The van der Waals surface area contributed by atoms with E-state index in [1.807, 2.05) is 32.0 Å². The summed E-state index contributed by atoms with van der Waals surface area (Å²) >= 11 is 0. The average Bonchev–Trinajstić information content (AvgIpc) is 2.26. The molecule has 0 fully saturated rings. The maximum Gasteiger partial charge on any atom is 0.184 e. The summed E-state index contributed by atoms with van der Waals surface area (Å²) in [4.78, 5) is 0.203. The molecule has 4 heteroatoms. The molecule has 0 aliphatic rings. The van der Waals surface area contributed by atoms with Crippen LogP contribution in [0.2, 0.25) is 0 Å². The molecule has 2 N–H and O–H groups in total. The molecule has 0 unspecified atom stereocenters. The lowest BCUT2D eigenvalue weighted by atomic mass is 10.1. The summed E-state index contributed by atoms with van der Waals surface area (Å²) in [6.45, 7) is 3.92. The van der Waals surface area contributed by atoms with Crippen LogP contribution >= 0.6 is 0 Å². The number of anilines is 1. The maximum absolute atomic E-state index is 12.4. The minimum absolute atomic E-state index is 0.0241. The Morgan fingerprint density at radius 1 is 1.00 bits per heavy atom. The number of hydrogen-bond donors (Lipinski definition) is 1. The van der Waals surface area contributed by atoms with Gasteiger partial charge in [0.1, 0.15) is 0 Å². The maximum atomic E-state index is 12.4. The second-order valence-corrected chi connectivity index (χ2v) is 6.75. The zero-order valence-corrected chi connectivity index (χ0v) is 11.9. The van der Waals surface area contributed by atoms with E-state index in [-0.39, 0.29) is 10.6 Å². The smallest absolute Gasteiger partial charge is 0.184 e. The molecule has 0 bridgehead atoms. The van der Waals surface area contributed by atoms with Crippen LogP contribution in [0, 0.1) is 13.8 Å². The highest BCUT2D eigenvalue weighted by molar-refractivity contribution is 7.90. The first-order valence-electron chi connectivity index (χ1n) is 6.03. The molecule has 0 radical (unpaired) electrons. The molecule has 2 rings (SSSR count). The van der Waals surface area contributed by atoms with Crippen molar-refractivity contribution in [3.05, 3.63) is 59.2 Å². The summed E-state index contributed by atoms with van der Waals surface area (Å²) < 4.78 is 24.7. The zero-order chi connectivity index (χ0) is 14.0. The van der Waals surface area contributed by atoms with Crippen molar-refractivity contribution in [2.75, 3.05) is 5.73 Å². The third kappa shape index (κ3) is 3.15. The first-order valence-corrected chi connectivity index (χ1v) is 7.68. The lowest BCUT2D eigenvalue weighted by Crippen LogP contribution is -2.08. The quantitative estimate of drug-likeness (QED) is 0.876. The minimum atomic E-state index is -3.40. The van der Waals surface area contributed by atoms with Gasteiger partial charge in [-0.15, -0.1) is 0 Å². The molecular weight excluding hydrogens is 258 g/mol. The molecule has 2 aromatic rings. The van der Waals surface area contributed by atoms with E-state index in [1.54, 1.807) is 24.3 Å². The van der Waals surface area contributed by atoms with E-state index < -0.39 is 9.84 Å². The largest absolute Gasteiger partial charge is 0.398 e. The van der Waals surface area contributed by atoms with Gasteiger partial charge in [0.25, 0.3) is 0 Å². The predicted molar refractivity (Wildman–Crippen MR) is 77.7 cm³/mol. The summed E-state index contributed by atoms with van der Waals surface area (Å²) in [5.74, 6) is -0.0241. The van der Waals surface area contributed by atoms with Crippen molar-refractivity contribution >= 4 is 15.5 Å². The summed E-state index contributed by atoms with van der Waals surface area (Å²) in [5, 5.41) is 0. The highest BCUT2D eigenvalue weighted by atomic mass is 32.2. The van der Waals surface area contributed by atoms with Gasteiger partial charge in [-0.1, -0.05) is 41.5 Å². The van der Waals surface area contributed by atoms with Crippen LogP contribution in [0.5, 0.6) is 0 Å². The first-order chi connectivity index (χ1) is 8.88. The Kier molecular flexibility index (Phi) is 3.62. The molecular formula is C15H17NO2S. The van der Waals surface area contributed by atoms with Crippen LogP contribution in [0.4, 0.5) is 5.69 Å². The monoisotopic (exact) mass is 275 g/mol. The number of aryl methyl sites for hydroxylation is 2. The van der Waals surface area contributed by atoms with Crippen LogP contribution in [0.25, 0.3) is 0 Å². The van der Waals surface area contributed by atoms with Gasteiger partial charge in [0.15, 0.2) is 9.84 Å². The van der Waals surface area contributed by atoms with Gasteiger partial charge in [0.2, 0.25) is 0 Å². The van der Waals surface area contributed by atoms with Crippen molar-refractivity contribution in [3.63, 3.8) is 0 Å². The number of rotatable bonds is 3. The van der Waals surface area contributed by atoms with Crippen LogP contribution in [0.3, 0.4) is 0 Å². The first kappa shape index (κ1) is 13.6. The van der Waals surface area contributed by atoms with Crippen LogP contribution in [0.15, 0.2) is 47.4 Å². The highest BCUT2D eigenvalue weighted by Gasteiger charge is 2.18. The van der Waals surface area contributed by atoms with Gasteiger partial charge < -0.3 is 5.73 Å². The molecule has 0 atom stereocenters. The average molecular weight is 275 g/mol. The molecule has 0 aliphatic heterocycles. The zero-order valence-electron chi connectivity index (χ0n) is 11.1. The molecule has 19 heavy (non-hydrogen) atoms. The summed E-state index contributed by atoms with van der Waals surface area (Å²) in [6, 6.07) is 12.4. The second kappa shape index (κ2) is 5.05. The summed E-state index contributed by atoms with van der Waals surface area (Å²) in [7, 11) is -3.40. The van der Waals surface area contributed by atoms with Crippen LogP contribution in [0.1, 0.15) is 16.7 Å². The Morgan fingerprint density at radius 3 is 2.16 bits per heavy atom. The van der Waals surface area contributed by atoms with E-state index >= 15 is 0 Å². The molecule has 100 valence electrons. The van der Waals surface area contributed by atoms with Crippen molar-refractivity contribution in [2.24, 2.45) is 0 Å². The van der Waals surface area contributed by atoms with Crippen LogP contribution < -0.4 is 5.73 Å². The topological polar surface area (TPSA) is 60.2 Å². The van der Waals surface area contributed by atoms with E-state index in [1.165, 1.54) is 0 Å². The minimum Gasteiger partial charge on any atom is -0.398 e. The van der Waals surface area contributed by atoms with Crippen LogP contribution in [-0.2, 0) is 15.6 Å². The van der Waals surface area contributed by atoms with Gasteiger partial charge in [-0.05, 0) is 31.5 Å². The van der Waals surface area contributed by atoms with Gasteiger partial charge in [-0.2, -0.15) is 0 Å². The standard InChI is InChI=1S/C15H17NO2S/c1-11-7-12(2)9-13(8-11)10-19(17,18)15-6-4-3-5-14(15)16/h3-9H,10,16H2,1-2H3. The fourth-order valence-electron chi connectivity index (χ4n) is 2.21. The number of nitrogens with two attached hydrogens (primary N) is 1. The van der Waals surface area contributed by atoms with Gasteiger partial charge in [-0.3, -0.25) is 0 Å². The summed E-state index contributed by atoms with van der Waals surface area (Å²) in [5.41, 5.74) is 8.95. The molecule has 0 spiro atoms. The Labute approximate surface area is 114 Å². The molecule has 0 saturated heterocycles. The van der Waals surface area contributed by atoms with E-state index in [2.05, 4.69) is 0 Å². The molecule has 0 saturated carbocycles. The van der Waals surface area contributed by atoms with E-state index in [0.29, 0.717) is 5.69 Å². The number of benzene rings is 2. The summed E-state index contributed by atoms with van der Waals surface area (Å²) in [6.07, 6.45) is 0. The molecule has 0 amide bonds. The van der Waals surface area contributed by atoms with Gasteiger partial charge in [0, 0.05) is 0 Å². The Morgan fingerprint density at radius 2 is 1.58 bits per heavy atom. The van der Waals surface area contributed by atoms with Gasteiger partial charge in [-0.25, -0.2) is 8.42 Å². The molecule has 0 aromatic heterocycles. The number of hydrogen-bond acceptors (Lipinski definition) is 3. The Balaban J connectivity index is 2.39. The Hall–Kier alpha value is -1.81. The lowest BCUT2D eigenvalue weighted by molar-refractivity contribution is 0.595. The number of nitrogen functional groups attached to an aromatic ring is 1. The molecule has 3 nitrogen and oxygen atoms in total. The Bertz CT molecular complexity index is 686. The van der Waals surface area contributed by atoms with Gasteiger partial charge >= 0.3 is 0 Å². The van der Waals surface area contributed by atoms with Crippen molar-refractivity contribution in [3.8, 4) is 0 Å². The van der Waals surface area contributed by atoms with Gasteiger partial charge in [0.05, 0.1) is 16.3 Å². The second-order valence-electron chi connectivity index (χ2n) is 4.79. The normalized spacial score (nSPS) is 11.5. The van der Waals surface area contributed by atoms with E-state index in [4.69, 9.17) is 5.73 Å². The SMILES string of the molecule is Cc1cc(C)cc(CS(=O)(=O)c2ccccc2N)c1. The third-order valence-corrected chi connectivity index (χ3v) is 4.65. The molecule has 0 aliphatic carbocycles. The molecule has 0 heterocycles. The van der Waals surface area contributed by atoms with Crippen molar-refractivity contribution < 1.29 is 8.42 Å². The fourth-order valence-corrected chi connectivity index (χ4v) is 3.69. The number of sulfone groups is 1. The van der Waals surface area contributed by atoms with Crippen molar-refractivity contribution in [1.82, 2.24) is 0 Å². The van der Waals surface area contributed by atoms with E-state index in [0.717, 1.165) is 16.7 Å². The van der Waals surface area contributed by atoms with E-state index in [9.17, 15) is 8.42 Å². The van der Waals surface area contributed by atoms with Crippen molar-refractivity contribution in [2.45, 2.75) is 24.5 Å². The number of para-hydroxylation sites is 1. The third-order valence-electron chi connectivity index (χ3n) is 2.89. The highest BCUT2D eigenvalue weighted by Crippen LogP contribution is 2.22. The van der Waals surface area contributed by atoms with Crippen molar-refractivity contribution in [1.29, 1.82) is 0 Å². The lowest BCUT2D eigenvalue weighted by Gasteiger charge is -2.08. The predicted octanol–water partition coefficient (Wildman–Crippen LogP) is 2.86.